The van der Waals surface area contributed by atoms with Gasteiger partial charge in [0.15, 0.2) is 0 Å². The summed E-state index contributed by atoms with van der Waals surface area (Å²) in [5, 5.41) is 1.02. The molecule has 1 unspecified atom stereocenters. The number of rotatable bonds is 12. The van der Waals surface area contributed by atoms with Gasteiger partial charge in [-0.1, -0.05) is 52.2 Å². The lowest BCUT2D eigenvalue weighted by atomic mass is 10.1. The molecule has 45 heavy (non-hydrogen) atoms. The minimum absolute atomic E-state index is 0.129. The highest BCUT2D eigenvalue weighted by atomic mass is 35.5. The van der Waals surface area contributed by atoms with Gasteiger partial charge in [-0.15, -0.1) is 13.2 Å². The van der Waals surface area contributed by atoms with Gasteiger partial charge < -0.3 is 28.6 Å². The molecule has 2 fully saturated rings. The van der Waals surface area contributed by atoms with Crippen molar-refractivity contribution in [2.45, 2.75) is 25.4 Å². The van der Waals surface area contributed by atoms with Crippen molar-refractivity contribution in [3.8, 4) is 5.75 Å². The van der Waals surface area contributed by atoms with E-state index in [4.69, 9.17) is 37.4 Å². The summed E-state index contributed by atoms with van der Waals surface area (Å²) in [6.07, 6.45) is 8.38. The number of benzene rings is 2. The summed E-state index contributed by atoms with van der Waals surface area (Å²) in [5.41, 5.74) is 1.82. The van der Waals surface area contributed by atoms with Gasteiger partial charge in [-0.3, -0.25) is 4.79 Å². The van der Waals surface area contributed by atoms with E-state index >= 15 is 0 Å². The minimum atomic E-state index is -1.08. The number of anilines is 1. The molecule has 9 nitrogen and oxygen atoms in total. The standard InChI is InChI=1S/C26H28Cl2N4O4.C6H10OS2/c1-19(33)31-10-12-32(13-11-31)21-3-5-22(6-4-21)34-15-23-16-35-26(36-23,17-30-9-8-29-18-30)24-7-2-20(27)14-25(24)28;1-3-5-8-9(7)6-4-2/h2-9,14,18,23H,10-13,15-17H2,1H3;3-4H,1-2,5-6H2/t23-,26-;/m0./s1. The maximum Gasteiger partial charge on any atom is 0.219 e. The van der Waals surface area contributed by atoms with Gasteiger partial charge in [-0.2, -0.15) is 0 Å². The topological polar surface area (TPSA) is 86.1 Å². The summed E-state index contributed by atoms with van der Waals surface area (Å²) in [6, 6.07) is 13.3. The van der Waals surface area contributed by atoms with Crippen LogP contribution in [-0.2, 0) is 36.4 Å². The molecule has 13 heteroatoms. The van der Waals surface area contributed by atoms with Crippen LogP contribution in [0.2, 0.25) is 10.0 Å². The zero-order valence-corrected chi connectivity index (χ0v) is 28.3. The quantitative estimate of drug-likeness (QED) is 0.170. The van der Waals surface area contributed by atoms with Crippen LogP contribution in [0, 0.1) is 0 Å². The molecule has 3 heterocycles. The third kappa shape index (κ3) is 10.1. The Morgan fingerprint density at radius 3 is 2.53 bits per heavy atom. The smallest absolute Gasteiger partial charge is 0.219 e. The number of hydrogen-bond donors (Lipinski definition) is 0. The molecule has 3 atom stereocenters. The van der Waals surface area contributed by atoms with E-state index in [0.29, 0.717) is 41.1 Å². The van der Waals surface area contributed by atoms with Crippen LogP contribution < -0.4 is 9.64 Å². The minimum Gasteiger partial charge on any atom is -0.491 e. The largest absolute Gasteiger partial charge is 0.491 e. The Bertz CT molecular complexity index is 1440. The monoisotopic (exact) mass is 692 g/mol. The highest BCUT2D eigenvalue weighted by Gasteiger charge is 2.45. The summed E-state index contributed by atoms with van der Waals surface area (Å²) in [5.74, 6) is 1.12. The molecule has 0 N–H and O–H groups in total. The van der Waals surface area contributed by atoms with E-state index in [1.54, 1.807) is 43.7 Å². The maximum atomic E-state index is 11.6. The molecule has 2 aliphatic rings. The summed E-state index contributed by atoms with van der Waals surface area (Å²) in [6.45, 7) is 12.8. The first-order chi connectivity index (χ1) is 21.7. The highest BCUT2D eigenvalue weighted by Crippen LogP contribution is 2.40. The number of hydrogen-bond acceptors (Lipinski definition) is 8. The lowest BCUT2D eigenvalue weighted by molar-refractivity contribution is -0.189. The normalized spacial score (nSPS) is 20.2. The fraction of sp³-hybridized carbons (Fsp3) is 0.375. The first-order valence-corrected chi connectivity index (χ1v) is 18.0. The van der Waals surface area contributed by atoms with Crippen molar-refractivity contribution in [1.82, 2.24) is 14.5 Å². The van der Waals surface area contributed by atoms with Gasteiger partial charge in [0.2, 0.25) is 11.7 Å². The Balaban J connectivity index is 0.000000448. The summed E-state index contributed by atoms with van der Waals surface area (Å²) >= 11 is 12.7. The summed E-state index contributed by atoms with van der Waals surface area (Å²) in [4.78, 5) is 19.8. The Labute approximate surface area is 281 Å². The first kappa shape index (κ1) is 35.1. The predicted octanol–water partition coefficient (Wildman–Crippen LogP) is 5.96. The van der Waals surface area contributed by atoms with Crippen molar-refractivity contribution in [2.75, 3.05) is 55.8 Å². The average molecular weight is 694 g/mol. The van der Waals surface area contributed by atoms with Gasteiger partial charge >= 0.3 is 0 Å². The number of imidazole rings is 1. The zero-order chi connectivity index (χ0) is 32.2. The van der Waals surface area contributed by atoms with Crippen LogP contribution >= 0.6 is 34.0 Å². The molecule has 0 aliphatic carbocycles. The molecule has 1 amide bonds. The van der Waals surface area contributed by atoms with E-state index in [9.17, 15) is 9.00 Å². The molecule has 0 bridgehead atoms. The SMILES string of the molecule is C=CCSS(=O)CC=C.CC(=O)N1CCN(c2ccc(OC[C@H]3CO[C@](Cn4ccnc4)(c4ccc(Cl)cc4Cl)O3)cc2)CC1. The maximum absolute atomic E-state index is 11.6. The molecule has 0 spiro atoms. The van der Waals surface area contributed by atoms with Crippen LogP contribution in [0.3, 0.4) is 0 Å². The number of nitrogens with zero attached hydrogens (tertiary/aromatic N) is 4. The molecule has 2 aromatic carbocycles. The lowest BCUT2D eigenvalue weighted by Gasteiger charge is -2.35. The second-order valence-electron chi connectivity index (χ2n) is 10.3. The molecular weight excluding hydrogens is 655 g/mol. The fourth-order valence-electron chi connectivity index (χ4n) is 4.87. The Morgan fingerprint density at radius 2 is 1.91 bits per heavy atom. The summed E-state index contributed by atoms with van der Waals surface area (Å²) in [7, 11) is 0.591. The Hall–Kier alpha value is -2.80. The average Bonchev–Trinajstić information content (AvgIpc) is 3.70. The van der Waals surface area contributed by atoms with Crippen LogP contribution in [0.5, 0.6) is 5.75 Å². The van der Waals surface area contributed by atoms with Crippen LogP contribution in [0.1, 0.15) is 12.5 Å². The van der Waals surface area contributed by atoms with E-state index in [0.717, 1.165) is 43.4 Å². The van der Waals surface area contributed by atoms with Crippen molar-refractivity contribution < 1.29 is 23.2 Å². The number of ether oxygens (including phenoxy) is 3. The van der Waals surface area contributed by atoms with Gasteiger partial charge in [0.25, 0.3) is 0 Å². The number of carbonyl (C=O) groups excluding carboxylic acids is 1. The van der Waals surface area contributed by atoms with E-state index in [1.165, 1.54) is 10.8 Å². The number of halogens is 2. The van der Waals surface area contributed by atoms with Gasteiger partial charge in [-0.25, -0.2) is 9.19 Å². The van der Waals surface area contributed by atoms with Gasteiger partial charge in [0, 0.05) is 67.5 Å². The van der Waals surface area contributed by atoms with E-state index < -0.39 is 15.6 Å². The molecule has 2 aliphatic heterocycles. The summed E-state index contributed by atoms with van der Waals surface area (Å²) < 4.78 is 31.4. The van der Waals surface area contributed by atoms with Gasteiger partial charge in [0.1, 0.15) is 18.5 Å². The number of aromatic nitrogens is 2. The number of carbonyl (C=O) groups is 1. The Morgan fingerprint density at radius 1 is 1.16 bits per heavy atom. The first-order valence-electron chi connectivity index (χ1n) is 14.4. The van der Waals surface area contributed by atoms with Crippen LogP contribution in [0.15, 0.2) is 86.5 Å². The van der Waals surface area contributed by atoms with Crippen LogP contribution in [0.25, 0.3) is 0 Å². The third-order valence-corrected chi connectivity index (χ3v) is 10.4. The van der Waals surface area contributed by atoms with Crippen molar-refractivity contribution in [2.24, 2.45) is 0 Å². The highest BCUT2D eigenvalue weighted by molar-refractivity contribution is 8.69. The molecule has 242 valence electrons. The van der Waals surface area contributed by atoms with E-state index in [2.05, 4.69) is 23.0 Å². The third-order valence-electron chi connectivity index (χ3n) is 7.08. The predicted molar refractivity (Wildman–Crippen MR) is 183 cm³/mol. The van der Waals surface area contributed by atoms with Crippen molar-refractivity contribution >= 4 is 55.4 Å². The molecular formula is C32H38Cl2N4O5S2. The van der Waals surface area contributed by atoms with Gasteiger partial charge in [0.05, 0.1) is 40.1 Å². The molecule has 3 aromatic rings. The molecule has 1 aromatic heterocycles. The van der Waals surface area contributed by atoms with Crippen molar-refractivity contribution in [3.05, 3.63) is 102 Å². The van der Waals surface area contributed by atoms with Crippen molar-refractivity contribution in [3.63, 3.8) is 0 Å². The zero-order valence-electron chi connectivity index (χ0n) is 25.2. The number of amides is 1. The number of piperazine rings is 1. The van der Waals surface area contributed by atoms with Crippen molar-refractivity contribution in [1.29, 1.82) is 0 Å². The second-order valence-corrected chi connectivity index (χ2v) is 14.5. The molecule has 0 saturated carbocycles. The molecule has 0 radical (unpaired) electrons. The van der Waals surface area contributed by atoms with Gasteiger partial charge in [-0.05, 0) is 36.4 Å². The lowest BCUT2D eigenvalue weighted by Crippen LogP contribution is -2.48. The van der Waals surface area contributed by atoms with Crippen LogP contribution in [-0.4, -0.2) is 81.6 Å². The molecule has 5 rings (SSSR count). The fourth-order valence-corrected chi connectivity index (χ4v) is 7.28. The van der Waals surface area contributed by atoms with Crippen LogP contribution in [0.4, 0.5) is 5.69 Å². The van der Waals surface area contributed by atoms with E-state index in [-0.39, 0.29) is 12.0 Å². The Kier molecular flexibility index (Phi) is 13.4. The second kappa shape index (κ2) is 17.2. The molecule has 2 saturated heterocycles. The van der Waals surface area contributed by atoms with E-state index in [1.807, 2.05) is 46.0 Å².